The summed E-state index contributed by atoms with van der Waals surface area (Å²) in [4.78, 5) is 28.7. The third-order valence-electron chi connectivity index (χ3n) is 3.96. The SMILES string of the molecule is CSc1ccccc1C(=O)N1CCN(C(=O)C(C)O)CC1CO. The van der Waals surface area contributed by atoms with E-state index in [2.05, 4.69) is 0 Å². The number of thioether (sulfide) groups is 1. The van der Waals surface area contributed by atoms with Crippen molar-refractivity contribution < 1.29 is 19.8 Å². The number of hydrogen-bond donors (Lipinski definition) is 2. The Morgan fingerprint density at radius 3 is 2.65 bits per heavy atom. The van der Waals surface area contributed by atoms with Crippen LogP contribution in [-0.2, 0) is 4.79 Å². The molecule has 2 N–H and O–H groups in total. The molecule has 1 aliphatic heterocycles. The van der Waals surface area contributed by atoms with Gasteiger partial charge in [-0.1, -0.05) is 12.1 Å². The second-order valence-electron chi connectivity index (χ2n) is 5.50. The highest BCUT2D eigenvalue weighted by atomic mass is 32.2. The third-order valence-corrected chi connectivity index (χ3v) is 4.76. The monoisotopic (exact) mass is 338 g/mol. The van der Waals surface area contributed by atoms with Crippen molar-refractivity contribution in [2.45, 2.75) is 24.0 Å². The Hall–Kier alpha value is -1.57. The lowest BCUT2D eigenvalue weighted by molar-refractivity contribution is -0.142. The molecule has 6 nitrogen and oxygen atoms in total. The van der Waals surface area contributed by atoms with Crippen LogP contribution in [0.15, 0.2) is 29.2 Å². The summed E-state index contributed by atoms with van der Waals surface area (Å²) in [6.07, 6.45) is 0.836. The van der Waals surface area contributed by atoms with Crippen molar-refractivity contribution in [3.63, 3.8) is 0 Å². The van der Waals surface area contributed by atoms with Crippen LogP contribution in [0, 0.1) is 0 Å². The Bertz CT molecular complexity index is 579. The summed E-state index contributed by atoms with van der Waals surface area (Å²) in [5, 5.41) is 19.0. The van der Waals surface area contributed by atoms with Crippen molar-refractivity contribution in [1.82, 2.24) is 9.80 Å². The number of aliphatic hydroxyl groups excluding tert-OH is 2. The molecule has 2 atom stereocenters. The quantitative estimate of drug-likeness (QED) is 0.779. The maximum atomic E-state index is 12.8. The zero-order valence-electron chi connectivity index (χ0n) is 13.3. The van der Waals surface area contributed by atoms with E-state index in [9.17, 15) is 19.8 Å². The summed E-state index contributed by atoms with van der Waals surface area (Å²) >= 11 is 1.50. The lowest BCUT2D eigenvalue weighted by Crippen LogP contribution is -2.59. The van der Waals surface area contributed by atoms with E-state index in [1.54, 1.807) is 11.0 Å². The molecule has 0 aromatic heterocycles. The average molecular weight is 338 g/mol. The minimum atomic E-state index is -1.08. The van der Waals surface area contributed by atoms with Crippen LogP contribution in [0.3, 0.4) is 0 Å². The van der Waals surface area contributed by atoms with Crippen LogP contribution >= 0.6 is 11.8 Å². The third kappa shape index (κ3) is 3.85. The topological polar surface area (TPSA) is 81.1 Å². The second kappa shape index (κ2) is 7.81. The van der Waals surface area contributed by atoms with Gasteiger partial charge < -0.3 is 20.0 Å². The molecule has 0 radical (unpaired) electrons. The molecular weight excluding hydrogens is 316 g/mol. The number of piperazine rings is 1. The zero-order chi connectivity index (χ0) is 17.0. The van der Waals surface area contributed by atoms with Crippen molar-refractivity contribution in [2.75, 3.05) is 32.5 Å². The van der Waals surface area contributed by atoms with E-state index < -0.39 is 12.1 Å². The first-order chi connectivity index (χ1) is 11.0. The van der Waals surface area contributed by atoms with Crippen molar-refractivity contribution in [3.05, 3.63) is 29.8 Å². The number of hydrogen-bond acceptors (Lipinski definition) is 5. The Labute approximate surface area is 140 Å². The van der Waals surface area contributed by atoms with E-state index >= 15 is 0 Å². The van der Waals surface area contributed by atoms with Gasteiger partial charge in [-0.15, -0.1) is 11.8 Å². The van der Waals surface area contributed by atoms with Crippen LogP contribution in [0.2, 0.25) is 0 Å². The molecule has 0 saturated carbocycles. The van der Waals surface area contributed by atoms with Gasteiger partial charge in [0, 0.05) is 24.5 Å². The number of amides is 2. The highest BCUT2D eigenvalue weighted by Gasteiger charge is 2.34. The highest BCUT2D eigenvalue weighted by Crippen LogP contribution is 2.23. The van der Waals surface area contributed by atoms with Gasteiger partial charge in [-0.25, -0.2) is 0 Å². The number of nitrogens with zero attached hydrogens (tertiary/aromatic N) is 2. The molecule has 2 unspecified atom stereocenters. The second-order valence-corrected chi connectivity index (χ2v) is 6.34. The maximum absolute atomic E-state index is 12.8. The molecule has 2 amide bonds. The summed E-state index contributed by atoms with van der Waals surface area (Å²) in [5.74, 6) is -0.516. The fourth-order valence-corrected chi connectivity index (χ4v) is 3.31. The largest absolute Gasteiger partial charge is 0.394 e. The molecule has 126 valence electrons. The van der Waals surface area contributed by atoms with Crippen LogP contribution < -0.4 is 0 Å². The molecule has 1 aromatic rings. The van der Waals surface area contributed by atoms with Gasteiger partial charge in [0.2, 0.25) is 0 Å². The molecular formula is C16H22N2O4S. The van der Waals surface area contributed by atoms with E-state index in [0.29, 0.717) is 18.7 Å². The summed E-state index contributed by atoms with van der Waals surface area (Å²) in [6.45, 7) is 2.12. The minimum absolute atomic E-state index is 0.141. The van der Waals surface area contributed by atoms with Gasteiger partial charge in [0.25, 0.3) is 11.8 Å². The summed E-state index contributed by atoms with van der Waals surface area (Å²) in [7, 11) is 0. The van der Waals surface area contributed by atoms with Crippen LogP contribution in [0.5, 0.6) is 0 Å². The lowest BCUT2D eigenvalue weighted by Gasteiger charge is -2.41. The zero-order valence-corrected chi connectivity index (χ0v) is 14.1. The summed E-state index contributed by atoms with van der Waals surface area (Å²) in [5.41, 5.74) is 0.605. The Balaban J connectivity index is 2.17. The van der Waals surface area contributed by atoms with Gasteiger partial charge in [0.05, 0.1) is 18.2 Å². The van der Waals surface area contributed by atoms with E-state index in [1.807, 2.05) is 24.5 Å². The summed E-state index contributed by atoms with van der Waals surface area (Å²) < 4.78 is 0. The normalized spacial score (nSPS) is 19.6. The number of benzene rings is 1. The van der Waals surface area contributed by atoms with Gasteiger partial charge in [-0.05, 0) is 25.3 Å². The van der Waals surface area contributed by atoms with Crippen molar-refractivity contribution >= 4 is 23.6 Å². The fourth-order valence-electron chi connectivity index (χ4n) is 2.72. The Kier molecular flexibility index (Phi) is 6.04. The summed E-state index contributed by atoms with van der Waals surface area (Å²) in [6, 6.07) is 6.89. The molecule has 7 heteroatoms. The van der Waals surface area contributed by atoms with E-state index in [1.165, 1.54) is 23.6 Å². The molecule has 0 aliphatic carbocycles. The van der Waals surface area contributed by atoms with Gasteiger partial charge >= 0.3 is 0 Å². The van der Waals surface area contributed by atoms with Crippen molar-refractivity contribution in [2.24, 2.45) is 0 Å². The first-order valence-electron chi connectivity index (χ1n) is 7.51. The molecule has 2 rings (SSSR count). The number of rotatable bonds is 4. The first-order valence-corrected chi connectivity index (χ1v) is 8.73. The first kappa shape index (κ1) is 17.8. The van der Waals surface area contributed by atoms with Crippen LogP contribution in [0.1, 0.15) is 17.3 Å². The van der Waals surface area contributed by atoms with E-state index in [4.69, 9.17) is 0 Å². The van der Waals surface area contributed by atoms with Crippen molar-refractivity contribution in [1.29, 1.82) is 0 Å². The van der Waals surface area contributed by atoms with Crippen LogP contribution in [0.25, 0.3) is 0 Å². The highest BCUT2D eigenvalue weighted by molar-refractivity contribution is 7.98. The molecule has 23 heavy (non-hydrogen) atoms. The molecule has 1 fully saturated rings. The molecule has 0 bridgehead atoms. The Morgan fingerprint density at radius 1 is 1.35 bits per heavy atom. The number of carbonyl (C=O) groups is 2. The number of aliphatic hydroxyl groups is 2. The molecule has 1 saturated heterocycles. The Morgan fingerprint density at radius 2 is 2.04 bits per heavy atom. The van der Waals surface area contributed by atoms with E-state index in [-0.39, 0.29) is 25.0 Å². The smallest absolute Gasteiger partial charge is 0.255 e. The van der Waals surface area contributed by atoms with Gasteiger partial charge in [-0.3, -0.25) is 9.59 Å². The van der Waals surface area contributed by atoms with Gasteiger partial charge in [0.1, 0.15) is 6.10 Å². The molecule has 1 heterocycles. The predicted molar refractivity (Wildman–Crippen MR) is 88.4 cm³/mol. The molecule has 0 spiro atoms. The fraction of sp³-hybridized carbons (Fsp3) is 0.500. The van der Waals surface area contributed by atoms with Crippen molar-refractivity contribution in [3.8, 4) is 0 Å². The maximum Gasteiger partial charge on any atom is 0.255 e. The average Bonchev–Trinajstić information content (AvgIpc) is 2.59. The van der Waals surface area contributed by atoms with Crippen LogP contribution in [-0.4, -0.2) is 76.5 Å². The minimum Gasteiger partial charge on any atom is -0.394 e. The van der Waals surface area contributed by atoms with Gasteiger partial charge in [-0.2, -0.15) is 0 Å². The van der Waals surface area contributed by atoms with Crippen LogP contribution in [0.4, 0.5) is 0 Å². The molecule has 1 aliphatic rings. The number of carbonyl (C=O) groups excluding carboxylic acids is 2. The predicted octanol–water partition coefficient (Wildman–Crippen LogP) is 0.435. The van der Waals surface area contributed by atoms with Gasteiger partial charge in [0.15, 0.2) is 0 Å². The van der Waals surface area contributed by atoms with E-state index in [0.717, 1.165) is 4.90 Å². The molecule has 1 aromatic carbocycles. The standard InChI is InChI=1S/C16H22N2O4S/c1-11(20)15(21)17-7-8-18(12(9-17)10-19)16(22)13-5-3-4-6-14(13)23-2/h3-6,11-12,19-20H,7-10H2,1-2H3. The lowest BCUT2D eigenvalue weighted by atomic mass is 10.1.